The van der Waals surface area contributed by atoms with Crippen molar-refractivity contribution in [1.29, 1.82) is 0 Å². The second-order valence-electron chi connectivity index (χ2n) is 22.9. The number of ether oxygens (including phenoxy) is 12. The van der Waals surface area contributed by atoms with E-state index >= 15 is 9.59 Å². The molecule has 90 heavy (non-hydrogen) atoms. The largest absolute Gasteiger partial charge is 0.492 e. The van der Waals surface area contributed by atoms with E-state index in [-0.39, 0.29) is 96.5 Å². The number of fused-ring (bicyclic) bond motifs is 4. The highest BCUT2D eigenvalue weighted by Crippen LogP contribution is 2.51. The first kappa shape index (κ1) is 68.0. The number of carbonyl (C=O) groups is 8. The quantitative estimate of drug-likeness (QED) is 0.0450. The summed E-state index contributed by atoms with van der Waals surface area (Å²) in [6.07, 6.45) is -5.00. The first-order valence-electron chi connectivity index (χ1n) is 28.4. The number of amides is 8. The van der Waals surface area contributed by atoms with E-state index in [0.29, 0.717) is 9.80 Å². The Morgan fingerprint density at radius 3 is 0.989 bits per heavy atom. The summed E-state index contributed by atoms with van der Waals surface area (Å²) in [5.74, 6) is -5.77. The molecular weight excluding hydrogens is 1170 g/mol. The zero-order chi connectivity index (χ0) is 66.2. The van der Waals surface area contributed by atoms with Crippen LogP contribution in [0, 0.1) is 0 Å². The van der Waals surface area contributed by atoms with Crippen LogP contribution in [0.2, 0.25) is 0 Å². The molecule has 8 amide bonds. The van der Waals surface area contributed by atoms with E-state index in [1.54, 1.807) is 77.9 Å². The summed E-state index contributed by atoms with van der Waals surface area (Å²) in [6.45, 7) is 17.1. The molecule has 2 heterocycles. The van der Waals surface area contributed by atoms with Gasteiger partial charge in [0.25, 0.3) is 11.8 Å². The van der Waals surface area contributed by atoms with Crippen molar-refractivity contribution in [3.63, 3.8) is 0 Å². The molecule has 0 saturated carbocycles. The third-order valence-electron chi connectivity index (χ3n) is 13.0. The lowest BCUT2D eigenvalue weighted by Gasteiger charge is -2.33. The average Bonchev–Trinajstić information content (AvgIpc) is 0.794. The van der Waals surface area contributed by atoms with Gasteiger partial charge in [-0.15, -0.1) is 0 Å². The van der Waals surface area contributed by atoms with Crippen LogP contribution in [-0.4, -0.2) is 138 Å². The van der Waals surface area contributed by atoms with Crippen molar-refractivity contribution in [2.45, 2.75) is 105 Å². The lowest BCUT2D eigenvalue weighted by molar-refractivity contribution is -0.117. The fourth-order valence-corrected chi connectivity index (χ4v) is 9.63. The predicted molar refractivity (Wildman–Crippen MR) is 326 cm³/mol. The Morgan fingerprint density at radius 1 is 0.433 bits per heavy atom. The summed E-state index contributed by atoms with van der Waals surface area (Å²) in [4.78, 5) is 131. The van der Waals surface area contributed by atoms with E-state index in [4.69, 9.17) is 66.8 Å². The molecule has 0 spiro atoms. The van der Waals surface area contributed by atoms with E-state index in [1.807, 2.05) is 0 Å². The maximum Gasteiger partial charge on any atom is 0.422 e. The molecule has 0 bridgehead atoms. The van der Waals surface area contributed by atoms with Gasteiger partial charge in [0.15, 0.2) is 23.0 Å². The van der Waals surface area contributed by atoms with Gasteiger partial charge >= 0.3 is 24.4 Å². The molecule has 0 N–H and O–H groups in total. The van der Waals surface area contributed by atoms with Crippen LogP contribution in [0.15, 0.2) is 94.9 Å². The van der Waals surface area contributed by atoms with Crippen LogP contribution in [0.1, 0.15) is 104 Å². The Morgan fingerprint density at radius 2 is 0.722 bits per heavy atom. The van der Waals surface area contributed by atoms with E-state index in [9.17, 15) is 28.8 Å². The van der Waals surface area contributed by atoms with Crippen molar-refractivity contribution in [2.75, 3.05) is 87.7 Å². The summed E-state index contributed by atoms with van der Waals surface area (Å²) in [6, 6.07) is 20.7. The number of benzene rings is 5. The van der Waals surface area contributed by atoms with Crippen LogP contribution >= 0.6 is 0 Å². The normalized spacial score (nSPS) is 12.3. The molecule has 5 aromatic carbocycles. The molecule has 2 aliphatic rings. The van der Waals surface area contributed by atoms with Gasteiger partial charge in [0.1, 0.15) is 78.7 Å². The van der Waals surface area contributed by atoms with Crippen molar-refractivity contribution in [3.8, 4) is 34.5 Å². The molecule has 0 aliphatic carbocycles. The zero-order valence-corrected chi connectivity index (χ0v) is 53.2. The number of imide groups is 4. The number of hydrogen-bond donors (Lipinski definition) is 0. The lowest BCUT2D eigenvalue weighted by Crippen LogP contribution is -2.47. The monoisotopic (exact) mass is 1250 g/mol. The molecule has 5 aromatic rings. The van der Waals surface area contributed by atoms with Crippen molar-refractivity contribution in [1.82, 2.24) is 0 Å². The Balaban J connectivity index is 1.66. The van der Waals surface area contributed by atoms with Gasteiger partial charge in [0.05, 0.1) is 39.6 Å². The summed E-state index contributed by atoms with van der Waals surface area (Å²) in [5.41, 5.74) is -7.29. The zero-order valence-electron chi connectivity index (χ0n) is 53.2. The van der Waals surface area contributed by atoms with E-state index in [0.717, 1.165) is 23.6 Å². The third kappa shape index (κ3) is 15.1. The molecule has 0 atom stereocenters. The summed E-state index contributed by atoms with van der Waals surface area (Å²) in [5, 5.41) is -0.989. The standard InChI is InChI=1S/C64H74N6O20/c1-17-83-47-29-41-45(31-43(47)69(55(73)39-25-21-19-22-26-39)59(77)89-63(9,10)35-81-15)85-53-49(65-41)51(67(37(3)71)57(75)87-61(5,6)33-79-13)54-50(52(53)68(38(4)72)58(76)88-62(7,8)34-80-14)66-42-30-48(84-18-2)44(32-46(42)86-54)70(56(74)40-27-23-20-24-28-40)60(78)90-64(11,12)36-82-16/h19-32H,17-18,33-36H2,1-16H3. The smallest absolute Gasteiger partial charge is 0.422 e. The van der Waals surface area contributed by atoms with Crippen LogP contribution in [-0.2, 0) is 47.5 Å². The van der Waals surface area contributed by atoms with E-state index in [2.05, 4.69) is 0 Å². The molecule has 480 valence electrons. The fourth-order valence-electron chi connectivity index (χ4n) is 9.63. The SMILES string of the molecule is CCOc1cc2c(cc1N(C(=O)OC(C)(C)COC)C(=O)c1ccccc1)Oc1c(N(C(C)=O)C(=O)OC(C)(C)COC)c3c(c(N(C(C)=O)C(=O)OC(C)(C)COC)c1=N2)Oc1cc(N(C(=O)OC(C)(C)COC)C(=O)c2ccccc2)c(OCC)cc1N=3. The molecule has 7 rings (SSSR count). The van der Waals surface area contributed by atoms with Gasteiger partial charge in [-0.25, -0.2) is 48.8 Å². The summed E-state index contributed by atoms with van der Waals surface area (Å²) >= 11 is 0. The van der Waals surface area contributed by atoms with Crippen molar-refractivity contribution >= 4 is 82.1 Å². The number of methoxy groups -OCH3 is 4. The van der Waals surface area contributed by atoms with Gasteiger partial charge in [0, 0.05) is 77.7 Å². The van der Waals surface area contributed by atoms with Crippen molar-refractivity contribution in [3.05, 3.63) is 107 Å². The molecule has 26 heteroatoms. The molecule has 26 nitrogen and oxygen atoms in total. The fraction of sp³-hybridized carbons (Fsp3) is 0.406. The second-order valence-corrected chi connectivity index (χ2v) is 22.9. The number of hydrogen-bond acceptors (Lipinski definition) is 22. The van der Waals surface area contributed by atoms with Gasteiger partial charge in [-0.05, 0) is 93.5 Å². The molecular formula is C64H74N6O20. The van der Waals surface area contributed by atoms with Crippen LogP contribution in [0.25, 0.3) is 0 Å². The Kier molecular flexibility index (Phi) is 21.1. The van der Waals surface area contributed by atoms with Gasteiger partial charge in [-0.1, -0.05) is 36.4 Å². The lowest BCUT2D eigenvalue weighted by atomic mass is 10.1. The third-order valence-corrected chi connectivity index (χ3v) is 13.0. The number of rotatable bonds is 22. The number of nitrogens with zero attached hydrogens (tertiary/aromatic N) is 6. The van der Waals surface area contributed by atoms with Crippen LogP contribution in [0.5, 0.6) is 34.5 Å². The predicted octanol–water partition coefficient (Wildman–Crippen LogP) is 10.8. The minimum absolute atomic E-state index is 0.0496. The first-order chi connectivity index (χ1) is 42.5. The number of anilines is 4. The Bertz CT molecular complexity index is 3480. The van der Waals surface area contributed by atoms with E-state index in [1.165, 1.54) is 105 Å². The minimum atomic E-state index is -1.43. The maximum absolute atomic E-state index is 15.0. The molecule has 2 aliphatic heterocycles. The topological polar surface area (TPSA) is 285 Å². The molecule has 0 fully saturated rings. The molecule has 0 aromatic heterocycles. The molecule has 0 radical (unpaired) electrons. The summed E-state index contributed by atoms with van der Waals surface area (Å²) in [7, 11) is 5.56. The molecule has 0 unspecified atom stereocenters. The number of carbonyl (C=O) groups excluding carboxylic acids is 8. The second kappa shape index (κ2) is 27.9. The molecule has 0 saturated heterocycles. The highest BCUT2D eigenvalue weighted by molar-refractivity contribution is 6.22. The maximum atomic E-state index is 15.0. The van der Waals surface area contributed by atoms with Gasteiger partial charge in [0.2, 0.25) is 11.8 Å². The van der Waals surface area contributed by atoms with Gasteiger partial charge in [-0.2, -0.15) is 0 Å². The van der Waals surface area contributed by atoms with E-state index < -0.39 is 104 Å². The van der Waals surface area contributed by atoms with Crippen LogP contribution in [0.3, 0.4) is 0 Å². The van der Waals surface area contributed by atoms with Gasteiger partial charge < -0.3 is 56.8 Å². The Labute approximate surface area is 520 Å². The minimum Gasteiger partial charge on any atom is -0.492 e. The van der Waals surface area contributed by atoms with Crippen LogP contribution in [0.4, 0.5) is 53.3 Å². The average molecular weight is 1250 g/mol. The van der Waals surface area contributed by atoms with Crippen molar-refractivity contribution in [2.24, 2.45) is 9.98 Å². The van der Waals surface area contributed by atoms with Gasteiger partial charge in [-0.3, -0.25) is 19.2 Å². The Hall–Kier alpha value is -9.50. The van der Waals surface area contributed by atoms with Crippen LogP contribution < -0.4 is 49.3 Å². The highest BCUT2D eigenvalue weighted by atomic mass is 16.6. The first-order valence-corrected chi connectivity index (χ1v) is 28.4. The summed E-state index contributed by atoms with van der Waals surface area (Å²) < 4.78 is 71.2. The van der Waals surface area contributed by atoms with Crippen molar-refractivity contribution < 1.29 is 95.2 Å². The highest BCUT2D eigenvalue weighted by Gasteiger charge is 2.44.